The topological polar surface area (TPSA) is 0 Å². The van der Waals surface area contributed by atoms with E-state index in [-0.39, 0.29) is 10.8 Å². The molecule has 6 heterocycles. The number of benzene rings is 1. The summed E-state index contributed by atoms with van der Waals surface area (Å²) >= 11 is 11.5. The molecule has 7 aromatic rings. The van der Waals surface area contributed by atoms with E-state index in [1.807, 2.05) is 68.0 Å². The van der Waals surface area contributed by atoms with Gasteiger partial charge >= 0.3 is 0 Å². The Balaban J connectivity index is 0.000000219. The quantitative estimate of drug-likeness (QED) is 0.171. The fourth-order valence-electron chi connectivity index (χ4n) is 6.96. The minimum Gasteiger partial charge on any atom is -0.140 e. The van der Waals surface area contributed by atoms with Gasteiger partial charge in [0.2, 0.25) is 0 Å². The summed E-state index contributed by atoms with van der Waals surface area (Å²) in [6.07, 6.45) is 0. The molecule has 6 heteroatoms. The van der Waals surface area contributed by atoms with Crippen LogP contribution in [0.25, 0.3) is 50.1 Å². The number of hydrogen-bond donors (Lipinski definition) is 0. The summed E-state index contributed by atoms with van der Waals surface area (Å²) in [5.41, 5.74) is 9.02. The zero-order valence-corrected chi connectivity index (χ0v) is 32.3. The smallest absolute Gasteiger partial charge is 0.0452 e. The zero-order valence-electron chi connectivity index (χ0n) is 27.4. The largest absolute Gasteiger partial charge is 0.140 e. The molecule has 0 unspecified atom stereocenters. The maximum absolute atomic E-state index is 2.54. The van der Waals surface area contributed by atoms with Gasteiger partial charge in [-0.2, -0.15) is 0 Å². The Kier molecular flexibility index (Phi) is 7.33. The Bertz CT molecular complexity index is 2220. The molecule has 0 radical (unpaired) electrons. The Hall–Kier alpha value is -2.58. The van der Waals surface area contributed by atoms with E-state index in [4.69, 9.17) is 0 Å². The van der Waals surface area contributed by atoms with E-state index in [9.17, 15) is 0 Å². The first-order chi connectivity index (χ1) is 21.9. The molecule has 0 saturated carbocycles. The van der Waals surface area contributed by atoms with Gasteiger partial charge in [0.25, 0.3) is 0 Å². The van der Waals surface area contributed by atoms with Crippen LogP contribution in [0.2, 0.25) is 0 Å². The van der Waals surface area contributed by atoms with Gasteiger partial charge in [0.15, 0.2) is 0 Å². The Morgan fingerprint density at radius 1 is 0.348 bits per heavy atom. The van der Waals surface area contributed by atoms with Crippen LogP contribution >= 0.6 is 68.0 Å². The van der Waals surface area contributed by atoms with Crippen LogP contribution in [-0.4, -0.2) is 0 Å². The molecule has 0 amide bonds. The third-order valence-electron chi connectivity index (χ3n) is 9.48. The molecule has 9 rings (SSSR count). The minimum atomic E-state index is 0.0264. The van der Waals surface area contributed by atoms with Crippen molar-refractivity contribution in [2.45, 2.75) is 66.2 Å². The van der Waals surface area contributed by atoms with E-state index in [0.717, 1.165) is 0 Å². The summed E-state index contributed by atoms with van der Waals surface area (Å²) < 4.78 is 0. The molecule has 2 aliphatic rings. The van der Waals surface area contributed by atoms with E-state index in [1.165, 1.54) is 91.9 Å². The summed E-state index contributed by atoms with van der Waals surface area (Å²) in [5, 5.41) is 0. The standard InChI is InChI=1S/C30H26S4.C10H10S2/c1-15-7-8-23(31-15)24-9-10-25(33-24)26-14-22-28(34-26)18-13-19-17(12-20(18)30(22,5)6)27-21(29(19,3)4)11-16(2)32-27;1-7-3-5-9(11-7)10-6-4-8(2)12-10/h7-14H,1-6H3;3-6H,1-2H3. The third-order valence-corrected chi connectivity index (χ3v) is 16.4. The lowest BCUT2D eigenvalue weighted by molar-refractivity contribution is 0.653. The van der Waals surface area contributed by atoms with Gasteiger partial charge in [-0.05, 0) is 134 Å². The molecule has 1 aromatic carbocycles. The molecular formula is C40H36S6. The lowest BCUT2D eigenvalue weighted by atomic mass is 9.79. The van der Waals surface area contributed by atoms with Crippen molar-refractivity contribution in [3.63, 3.8) is 0 Å². The van der Waals surface area contributed by atoms with Crippen molar-refractivity contribution in [3.05, 3.63) is 115 Å². The summed E-state index contributed by atoms with van der Waals surface area (Å²) in [7, 11) is 0. The first-order valence-corrected chi connectivity index (χ1v) is 20.6. The molecule has 0 bridgehead atoms. The summed E-state index contributed by atoms with van der Waals surface area (Å²) in [6.45, 7) is 18.3. The average Bonchev–Trinajstić information content (AvgIpc) is 3.84. The first-order valence-electron chi connectivity index (χ1n) is 15.7. The molecule has 6 aromatic heterocycles. The van der Waals surface area contributed by atoms with Gasteiger partial charge in [0.1, 0.15) is 0 Å². The molecule has 0 fully saturated rings. The van der Waals surface area contributed by atoms with Crippen LogP contribution in [-0.2, 0) is 10.8 Å². The van der Waals surface area contributed by atoms with E-state index in [2.05, 4.69) is 128 Å². The van der Waals surface area contributed by atoms with E-state index in [0.29, 0.717) is 0 Å². The van der Waals surface area contributed by atoms with Gasteiger partial charge in [-0.1, -0.05) is 27.7 Å². The highest BCUT2D eigenvalue weighted by atomic mass is 32.1. The average molecular weight is 709 g/mol. The lowest BCUT2D eigenvalue weighted by Crippen LogP contribution is -2.16. The van der Waals surface area contributed by atoms with Gasteiger partial charge < -0.3 is 0 Å². The second kappa shape index (κ2) is 11.0. The number of hydrogen-bond acceptors (Lipinski definition) is 6. The summed E-state index contributed by atoms with van der Waals surface area (Å²) in [4.78, 5) is 16.9. The van der Waals surface area contributed by atoms with E-state index < -0.39 is 0 Å². The SMILES string of the molecule is Cc1ccc(-c2ccc(-c3cc4c(s3)-c3cc5c(cc3C4(C)C)-c3sc(C)cc3C5(C)C)s2)s1.Cc1ccc(-c2ccc(C)s2)s1. The highest BCUT2D eigenvalue weighted by molar-refractivity contribution is 7.27. The second-order valence-electron chi connectivity index (χ2n) is 13.5. The molecule has 2 aliphatic carbocycles. The normalized spacial score (nSPS) is 14.9. The highest BCUT2D eigenvalue weighted by Gasteiger charge is 2.43. The number of fused-ring (bicyclic) bond motifs is 6. The Morgan fingerprint density at radius 2 is 0.739 bits per heavy atom. The molecule has 232 valence electrons. The fourth-order valence-corrected chi connectivity index (χ4v) is 13.4. The van der Waals surface area contributed by atoms with Crippen molar-refractivity contribution < 1.29 is 0 Å². The van der Waals surface area contributed by atoms with Crippen molar-refractivity contribution in [1.29, 1.82) is 0 Å². The van der Waals surface area contributed by atoms with E-state index in [1.54, 1.807) is 0 Å². The third kappa shape index (κ3) is 4.91. The molecule has 0 spiro atoms. The van der Waals surface area contributed by atoms with Crippen LogP contribution in [0, 0.1) is 27.7 Å². The van der Waals surface area contributed by atoms with Crippen LogP contribution in [0.5, 0.6) is 0 Å². The van der Waals surface area contributed by atoms with Gasteiger partial charge in [0.05, 0.1) is 0 Å². The number of rotatable bonds is 3. The molecule has 0 N–H and O–H groups in total. The number of aryl methyl sites for hydroxylation is 4. The van der Waals surface area contributed by atoms with Crippen LogP contribution in [0.1, 0.15) is 69.5 Å². The molecule has 0 saturated heterocycles. The summed E-state index contributed by atoms with van der Waals surface area (Å²) in [6, 6.07) is 27.8. The predicted octanol–water partition coefficient (Wildman–Crippen LogP) is 14.6. The summed E-state index contributed by atoms with van der Waals surface area (Å²) in [5.74, 6) is 0. The zero-order chi connectivity index (χ0) is 32.1. The lowest BCUT2D eigenvalue weighted by Gasteiger charge is -2.24. The Labute approximate surface area is 296 Å². The van der Waals surface area contributed by atoms with Crippen LogP contribution in [0.4, 0.5) is 0 Å². The van der Waals surface area contributed by atoms with E-state index >= 15 is 0 Å². The molecule has 0 nitrogen and oxygen atoms in total. The monoisotopic (exact) mass is 708 g/mol. The number of thiophene rings is 6. The molecule has 0 atom stereocenters. The fraction of sp³-hybridized carbons (Fsp3) is 0.250. The Morgan fingerprint density at radius 3 is 1.20 bits per heavy atom. The van der Waals surface area contributed by atoms with Crippen molar-refractivity contribution in [3.8, 4) is 50.1 Å². The molecule has 46 heavy (non-hydrogen) atoms. The van der Waals surface area contributed by atoms with Crippen LogP contribution in [0.15, 0.2) is 72.8 Å². The van der Waals surface area contributed by atoms with Crippen molar-refractivity contribution in [1.82, 2.24) is 0 Å². The van der Waals surface area contributed by atoms with Crippen molar-refractivity contribution >= 4 is 68.0 Å². The van der Waals surface area contributed by atoms with Crippen molar-refractivity contribution in [2.75, 3.05) is 0 Å². The first kappa shape index (κ1) is 30.7. The van der Waals surface area contributed by atoms with Gasteiger partial charge in [0, 0.05) is 69.4 Å². The van der Waals surface area contributed by atoms with Crippen LogP contribution in [0.3, 0.4) is 0 Å². The molecular weight excluding hydrogens is 673 g/mol. The van der Waals surface area contributed by atoms with Gasteiger partial charge in [-0.3, -0.25) is 0 Å². The maximum Gasteiger partial charge on any atom is 0.0452 e. The predicted molar refractivity (Wildman–Crippen MR) is 211 cm³/mol. The van der Waals surface area contributed by atoms with Gasteiger partial charge in [-0.25, -0.2) is 0 Å². The molecule has 0 aliphatic heterocycles. The maximum atomic E-state index is 2.54. The van der Waals surface area contributed by atoms with Gasteiger partial charge in [-0.15, -0.1) is 68.0 Å². The minimum absolute atomic E-state index is 0.0264. The van der Waals surface area contributed by atoms with Crippen molar-refractivity contribution in [2.24, 2.45) is 0 Å². The second-order valence-corrected chi connectivity index (χ2v) is 20.8. The highest BCUT2D eigenvalue weighted by Crippen LogP contribution is 2.60. The van der Waals surface area contributed by atoms with Crippen LogP contribution < -0.4 is 0 Å².